The van der Waals surface area contributed by atoms with Gasteiger partial charge in [0.1, 0.15) is 0 Å². The van der Waals surface area contributed by atoms with Gasteiger partial charge in [0.25, 0.3) is 11.5 Å². The number of rotatable bonds is 4. The zero-order chi connectivity index (χ0) is 19.0. The smallest absolute Gasteiger partial charge is 0.280 e. The van der Waals surface area contributed by atoms with Gasteiger partial charge in [-0.1, -0.05) is 19.1 Å². The first-order chi connectivity index (χ1) is 13.1. The van der Waals surface area contributed by atoms with Gasteiger partial charge in [-0.2, -0.15) is 5.26 Å². The van der Waals surface area contributed by atoms with Crippen molar-refractivity contribution in [3.05, 3.63) is 70.3 Å². The van der Waals surface area contributed by atoms with Gasteiger partial charge < -0.3 is 5.32 Å². The Kier molecular flexibility index (Phi) is 4.09. The van der Waals surface area contributed by atoms with Crippen LogP contribution in [0.1, 0.15) is 29.3 Å². The lowest BCUT2D eigenvalue weighted by Gasteiger charge is -2.05. The second-order valence-electron chi connectivity index (χ2n) is 6.71. The number of carbonyl (C=O) groups is 1. The van der Waals surface area contributed by atoms with Crippen LogP contribution < -0.4 is 10.9 Å². The highest BCUT2D eigenvalue weighted by Gasteiger charge is 2.34. The largest absolute Gasteiger partial charge is 0.349 e. The predicted molar refractivity (Wildman–Crippen MR) is 99.4 cm³/mol. The summed E-state index contributed by atoms with van der Waals surface area (Å²) in [5, 5.41) is 14.7. The fourth-order valence-electron chi connectivity index (χ4n) is 2.90. The van der Waals surface area contributed by atoms with E-state index in [-0.39, 0.29) is 17.5 Å². The second-order valence-corrected chi connectivity index (χ2v) is 6.71. The highest BCUT2D eigenvalue weighted by Crippen LogP contribution is 2.29. The van der Waals surface area contributed by atoms with Crippen LogP contribution in [0.4, 0.5) is 0 Å². The van der Waals surface area contributed by atoms with E-state index < -0.39 is 0 Å². The molecule has 134 valence electrons. The average Bonchev–Trinajstić information content (AvgIpc) is 3.25. The van der Waals surface area contributed by atoms with Crippen molar-refractivity contribution in [1.29, 1.82) is 5.26 Å². The Morgan fingerprint density at radius 3 is 2.63 bits per heavy atom. The number of hydrogen-bond donors (Lipinski definition) is 2. The van der Waals surface area contributed by atoms with Crippen molar-refractivity contribution in [2.24, 2.45) is 5.92 Å². The van der Waals surface area contributed by atoms with Crippen LogP contribution in [0.5, 0.6) is 0 Å². The first-order valence-corrected chi connectivity index (χ1v) is 8.65. The maximum Gasteiger partial charge on any atom is 0.280 e. The topological polar surface area (TPSA) is 104 Å². The summed E-state index contributed by atoms with van der Waals surface area (Å²) < 4.78 is 1.32. The summed E-state index contributed by atoms with van der Waals surface area (Å²) in [6.45, 7) is 2.09. The summed E-state index contributed by atoms with van der Waals surface area (Å²) in [5.74, 6) is 0.774. The lowest BCUT2D eigenvalue weighted by atomic mass is 10.1. The molecule has 1 fully saturated rings. The minimum Gasteiger partial charge on any atom is -0.349 e. The van der Waals surface area contributed by atoms with E-state index in [0.29, 0.717) is 34.0 Å². The molecule has 1 saturated carbocycles. The number of nitriles is 1. The van der Waals surface area contributed by atoms with E-state index >= 15 is 0 Å². The van der Waals surface area contributed by atoms with Crippen molar-refractivity contribution < 1.29 is 4.79 Å². The molecule has 1 aromatic carbocycles. The molecule has 2 atom stereocenters. The normalized spacial score (nSPS) is 17.9. The van der Waals surface area contributed by atoms with Crippen LogP contribution in [0.15, 0.2) is 53.6 Å². The Morgan fingerprint density at radius 1 is 1.30 bits per heavy atom. The number of nitrogens with one attached hydrogen (secondary N) is 2. The third-order valence-electron chi connectivity index (χ3n) is 4.76. The van der Waals surface area contributed by atoms with E-state index in [9.17, 15) is 9.59 Å². The second kappa shape index (κ2) is 6.57. The Balaban J connectivity index is 1.57. The number of benzene rings is 1. The van der Waals surface area contributed by atoms with Crippen LogP contribution in [-0.4, -0.2) is 26.7 Å². The number of aromatic amines is 1. The molecule has 27 heavy (non-hydrogen) atoms. The Morgan fingerprint density at radius 2 is 2.04 bits per heavy atom. The zero-order valence-corrected chi connectivity index (χ0v) is 14.6. The molecule has 0 spiro atoms. The van der Waals surface area contributed by atoms with Crippen molar-refractivity contribution in [1.82, 2.24) is 20.1 Å². The highest BCUT2D eigenvalue weighted by atomic mass is 16.2. The molecule has 7 heteroatoms. The fourth-order valence-corrected chi connectivity index (χ4v) is 2.90. The fraction of sp³-hybridized carbons (Fsp3) is 0.200. The molecule has 1 aliphatic carbocycles. The number of amides is 1. The van der Waals surface area contributed by atoms with Gasteiger partial charge in [-0.05, 0) is 42.2 Å². The Hall–Kier alpha value is -3.66. The third-order valence-corrected chi connectivity index (χ3v) is 4.76. The minimum atomic E-state index is -0.254. The van der Waals surface area contributed by atoms with E-state index in [0.717, 1.165) is 6.42 Å². The standard InChI is InChI=1S/C20H17N5O2/c1-12-8-17(12)24-19(26)15-6-7-18(22-10-15)25-20(27)16(11-23-25)14-4-2-13(9-21)3-5-14/h2-7,10-12,17,23H,8H2,1H3,(H,24,26)/t12-,17-/m0/s1. The maximum atomic E-state index is 12.7. The van der Waals surface area contributed by atoms with Gasteiger partial charge in [0.15, 0.2) is 5.82 Å². The number of aromatic nitrogens is 3. The van der Waals surface area contributed by atoms with Gasteiger partial charge >= 0.3 is 0 Å². The molecule has 0 radical (unpaired) electrons. The quantitative estimate of drug-likeness (QED) is 0.745. The van der Waals surface area contributed by atoms with Crippen LogP contribution in [0.3, 0.4) is 0 Å². The van der Waals surface area contributed by atoms with Gasteiger partial charge in [-0.15, -0.1) is 0 Å². The first-order valence-electron chi connectivity index (χ1n) is 8.65. The molecule has 7 nitrogen and oxygen atoms in total. The van der Waals surface area contributed by atoms with Crippen LogP contribution in [0.2, 0.25) is 0 Å². The molecule has 4 rings (SSSR count). The van der Waals surface area contributed by atoms with Crippen molar-refractivity contribution in [3.8, 4) is 23.0 Å². The number of H-pyrrole nitrogens is 1. The van der Waals surface area contributed by atoms with E-state index in [1.54, 1.807) is 42.6 Å². The minimum absolute atomic E-state index is 0.152. The molecule has 0 bridgehead atoms. The van der Waals surface area contributed by atoms with Crippen LogP contribution >= 0.6 is 0 Å². The molecule has 0 unspecified atom stereocenters. The van der Waals surface area contributed by atoms with Crippen molar-refractivity contribution in [2.75, 3.05) is 0 Å². The van der Waals surface area contributed by atoms with E-state index in [1.807, 2.05) is 6.07 Å². The highest BCUT2D eigenvalue weighted by molar-refractivity contribution is 5.94. The summed E-state index contributed by atoms with van der Waals surface area (Å²) in [6.07, 6.45) is 4.07. The summed E-state index contributed by atoms with van der Waals surface area (Å²) in [4.78, 5) is 29.1. The van der Waals surface area contributed by atoms with Gasteiger partial charge in [-0.25, -0.2) is 9.67 Å². The SMILES string of the molecule is C[C@H]1C[C@@H]1NC(=O)c1ccc(-n2[nH]cc(-c3ccc(C#N)cc3)c2=O)nc1. The number of carbonyl (C=O) groups excluding carboxylic acids is 1. The van der Waals surface area contributed by atoms with Crippen LogP contribution in [-0.2, 0) is 0 Å². The van der Waals surface area contributed by atoms with Crippen molar-refractivity contribution in [3.63, 3.8) is 0 Å². The maximum absolute atomic E-state index is 12.7. The van der Waals surface area contributed by atoms with E-state index in [4.69, 9.17) is 5.26 Å². The molecule has 2 aromatic heterocycles. The average molecular weight is 359 g/mol. The molecule has 2 heterocycles. The molecule has 2 N–H and O–H groups in total. The van der Waals surface area contributed by atoms with Crippen molar-refractivity contribution in [2.45, 2.75) is 19.4 Å². The van der Waals surface area contributed by atoms with E-state index in [1.165, 1.54) is 10.9 Å². The van der Waals surface area contributed by atoms with Crippen LogP contribution in [0, 0.1) is 17.2 Å². The first kappa shape index (κ1) is 16.8. The van der Waals surface area contributed by atoms with E-state index in [2.05, 4.69) is 22.3 Å². The molecule has 1 amide bonds. The Bertz CT molecular complexity index is 1090. The zero-order valence-electron chi connectivity index (χ0n) is 14.6. The summed E-state index contributed by atoms with van der Waals surface area (Å²) >= 11 is 0. The summed E-state index contributed by atoms with van der Waals surface area (Å²) in [6, 6.07) is 12.4. The lowest BCUT2D eigenvalue weighted by Crippen LogP contribution is -2.26. The monoisotopic (exact) mass is 359 g/mol. The molecule has 0 aliphatic heterocycles. The molecule has 3 aromatic rings. The van der Waals surface area contributed by atoms with Gasteiger partial charge in [0.2, 0.25) is 0 Å². The third kappa shape index (κ3) is 3.25. The molecular formula is C20H17N5O2. The molecular weight excluding hydrogens is 342 g/mol. The predicted octanol–water partition coefficient (Wildman–Crippen LogP) is 2.24. The van der Waals surface area contributed by atoms with Crippen molar-refractivity contribution >= 4 is 5.91 Å². The molecule has 0 saturated heterocycles. The van der Waals surface area contributed by atoms with Gasteiger partial charge in [0.05, 0.1) is 22.8 Å². The summed E-state index contributed by atoms with van der Waals surface area (Å²) in [7, 11) is 0. The van der Waals surface area contributed by atoms with Gasteiger partial charge in [-0.3, -0.25) is 14.7 Å². The lowest BCUT2D eigenvalue weighted by molar-refractivity contribution is 0.0949. The summed E-state index contributed by atoms with van der Waals surface area (Å²) in [5.41, 5.74) is 1.93. The number of nitrogens with zero attached hydrogens (tertiary/aromatic N) is 3. The number of hydrogen-bond acceptors (Lipinski definition) is 4. The van der Waals surface area contributed by atoms with Gasteiger partial charge in [0, 0.05) is 18.4 Å². The van der Waals surface area contributed by atoms with Crippen LogP contribution in [0.25, 0.3) is 16.9 Å². The number of pyridine rings is 1. The Labute approximate surface area is 155 Å². The molecule has 1 aliphatic rings.